The third kappa shape index (κ3) is 8.05. The zero-order valence-electron chi connectivity index (χ0n) is 29.1. The van der Waals surface area contributed by atoms with Crippen molar-refractivity contribution in [3.05, 3.63) is 77.4 Å². The lowest BCUT2D eigenvalue weighted by Crippen LogP contribution is -2.44. The van der Waals surface area contributed by atoms with E-state index >= 15 is 0 Å². The lowest BCUT2D eigenvalue weighted by Gasteiger charge is -2.30. The van der Waals surface area contributed by atoms with Crippen molar-refractivity contribution in [2.24, 2.45) is 5.92 Å². The highest BCUT2D eigenvalue weighted by atomic mass is 16.7. The van der Waals surface area contributed by atoms with Crippen LogP contribution < -0.4 is 23.8 Å². The SMILES string of the molecule is CCCCN(C(=O)CN1C[C@H](c2cc(OC)c3c(c2)OCO3)[C@@H](C(=O)O)[C@@H]1CCc1ccccc1OC)c1cccc(C[N+](C)(C)C)c1. The molecule has 1 amide bonds. The Morgan fingerprint density at radius 1 is 1.00 bits per heavy atom. The van der Waals surface area contributed by atoms with Crippen LogP contribution in [0.4, 0.5) is 5.69 Å². The molecule has 10 heteroatoms. The molecule has 0 aromatic heterocycles. The summed E-state index contributed by atoms with van der Waals surface area (Å²) in [5.41, 5.74) is 3.82. The van der Waals surface area contributed by atoms with Gasteiger partial charge < -0.3 is 33.4 Å². The number of rotatable bonds is 15. The average molecular weight is 661 g/mol. The van der Waals surface area contributed by atoms with Crippen molar-refractivity contribution in [1.82, 2.24) is 4.90 Å². The number of nitrogens with zero attached hydrogens (tertiary/aromatic N) is 3. The minimum absolute atomic E-state index is 0.0406. The normalized spacial score (nSPS) is 18.9. The first kappa shape index (κ1) is 35.0. The summed E-state index contributed by atoms with van der Waals surface area (Å²) < 4.78 is 23.3. The first-order valence-electron chi connectivity index (χ1n) is 16.8. The number of ether oxygens (including phenoxy) is 4. The number of carboxylic acids is 1. The maximum atomic E-state index is 14.4. The fourth-order valence-electron chi connectivity index (χ4n) is 7.11. The molecular weight excluding hydrogens is 610 g/mol. The molecule has 2 aliphatic heterocycles. The van der Waals surface area contributed by atoms with Crippen molar-refractivity contribution >= 4 is 17.6 Å². The van der Waals surface area contributed by atoms with E-state index in [1.807, 2.05) is 53.4 Å². The molecule has 3 aromatic carbocycles. The van der Waals surface area contributed by atoms with Crippen molar-refractivity contribution < 1.29 is 38.1 Å². The number of carbonyl (C=O) groups is 2. The topological polar surface area (TPSA) is 97.8 Å². The van der Waals surface area contributed by atoms with E-state index in [0.29, 0.717) is 43.2 Å². The summed E-state index contributed by atoms with van der Waals surface area (Å²) >= 11 is 0. The number of benzene rings is 3. The van der Waals surface area contributed by atoms with Gasteiger partial charge in [0.2, 0.25) is 18.4 Å². The van der Waals surface area contributed by atoms with Crippen LogP contribution in [0, 0.1) is 5.92 Å². The molecule has 1 saturated heterocycles. The van der Waals surface area contributed by atoms with Gasteiger partial charge in [-0.1, -0.05) is 43.7 Å². The number of anilines is 1. The van der Waals surface area contributed by atoms with Gasteiger partial charge in [-0.05, 0) is 60.7 Å². The smallest absolute Gasteiger partial charge is 0.308 e. The summed E-state index contributed by atoms with van der Waals surface area (Å²) in [5.74, 6) is 0.213. The van der Waals surface area contributed by atoms with Crippen molar-refractivity contribution in [2.75, 3.05) is 66.7 Å². The monoisotopic (exact) mass is 660 g/mol. The molecule has 10 nitrogen and oxygen atoms in total. The van der Waals surface area contributed by atoms with Crippen LogP contribution in [0.5, 0.6) is 23.0 Å². The maximum Gasteiger partial charge on any atom is 0.308 e. The van der Waals surface area contributed by atoms with E-state index in [4.69, 9.17) is 18.9 Å². The van der Waals surface area contributed by atoms with Gasteiger partial charge in [0.1, 0.15) is 12.3 Å². The molecule has 5 rings (SSSR count). The van der Waals surface area contributed by atoms with Crippen LogP contribution in [-0.4, -0.2) is 94.2 Å². The fourth-order valence-corrected chi connectivity index (χ4v) is 7.11. The molecule has 3 atom stereocenters. The van der Waals surface area contributed by atoms with Gasteiger partial charge in [0.25, 0.3) is 0 Å². The fraction of sp³-hybridized carbons (Fsp3) is 0.474. The highest BCUT2D eigenvalue weighted by Crippen LogP contribution is 2.47. The summed E-state index contributed by atoms with van der Waals surface area (Å²) in [6, 6.07) is 19.3. The first-order valence-corrected chi connectivity index (χ1v) is 16.8. The molecule has 3 aromatic rings. The number of hydrogen-bond acceptors (Lipinski definition) is 7. The molecule has 2 heterocycles. The number of aliphatic carboxylic acids is 1. The van der Waals surface area contributed by atoms with Gasteiger partial charge in [-0.25, -0.2) is 0 Å². The Hall–Kier alpha value is -4.28. The van der Waals surface area contributed by atoms with Crippen molar-refractivity contribution in [3.8, 4) is 23.0 Å². The second-order valence-electron chi connectivity index (χ2n) is 13.8. The van der Waals surface area contributed by atoms with Gasteiger partial charge in [0, 0.05) is 36.3 Å². The highest BCUT2D eigenvalue weighted by Gasteiger charge is 2.47. The lowest BCUT2D eigenvalue weighted by molar-refractivity contribution is -0.884. The Bertz CT molecular complexity index is 1590. The number of fused-ring (bicyclic) bond motifs is 1. The number of amides is 1. The molecule has 48 heavy (non-hydrogen) atoms. The quantitative estimate of drug-likeness (QED) is 0.211. The number of aryl methyl sites for hydroxylation is 1. The molecule has 1 N–H and O–H groups in total. The number of hydrogen-bond donors (Lipinski definition) is 1. The van der Waals surface area contributed by atoms with Crippen LogP contribution in [-0.2, 0) is 22.6 Å². The number of carbonyl (C=O) groups excluding carboxylic acids is 1. The van der Waals surface area contributed by atoms with E-state index in [-0.39, 0.29) is 19.2 Å². The Kier molecular flexibility index (Phi) is 11.2. The average Bonchev–Trinajstić information content (AvgIpc) is 3.68. The summed E-state index contributed by atoms with van der Waals surface area (Å²) in [6.07, 6.45) is 2.95. The molecule has 0 saturated carbocycles. The Balaban J connectivity index is 1.49. The van der Waals surface area contributed by atoms with E-state index in [2.05, 4.69) is 45.1 Å². The Labute approximate surface area is 284 Å². The minimum Gasteiger partial charge on any atom is -0.496 e. The number of methoxy groups -OCH3 is 2. The molecule has 0 unspecified atom stereocenters. The van der Waals surface area contributed by atoms with Crippen LogP contribution in [0.15, 0.2) is 60.7 Å². The number of quaternary nitrogens is 1. The Morgan fingerprint density at radius 2 is 1.77 bits per heavy atom. The lowest BCUT2D eigenvalue weighted by atomic mass is 9.83. The molecule has 0 spiro atoms. The summed E-state index contributed by atoms with van der Waals surface area (Å²) in [4.78, 5) is 31.5. The van der Waals surface area contributed by atoms with E-state index in [1.54, 1.807) is 14.2 Å². The van der Waals surface area contributed by atoms with Gasteiger partial charge in [-0.3, -0.25) is 14.5 Å². The van der Waals surface area contributed by atoms with Crippen molar-refractivity contribution in [1.29, 1.82) is 0 Å². The van der Waals surface area contributed by atoms with Crippen LogP contribution in [0.1, 0.15) is 48.8 Å². The van der Waals surface area contributed by atoms with Crippen LogP contribution in [0.3, 0.4) is 0 Å². The van der Waals surface area contributed by atoms with Crippen LogP contribution in [0.25, 0.3) is 0 Å². The van der Waals surface area contributed by atoms with Crippen molar-refractivity contribution in [3.63, 3.8) is 0 Å². The van der Waals surface area contributed by atoms with E-state index in [9.17, 15) is 14.7 Å². The molecule has 1 fully saturated rings. The Morgan fingerprint density at radius 3 is 2.48 bits per heavy atom. The van der Waals surface area contributed by atoms with Gasteiger partial charge in [0.05, 0.1) is 47.8 Å². The number of unbranched alkanes of at least 4 members (excludes halogenated alkanes) is 1. The zero-order chi connectivity index (χ0) is 34.4. The highest BCUT2D eigenvalue weighted by molar-refractivity contribution is 5.95. The molecule has 2 aliphatic rings. The third-order valence-corrected chi connectivity index (χ3v) is 9.30. The van der Waals surface area contributed by atoms with E-state index in [0.717, 1.165) is 52.0 Å². The maximum absolute atomic E-state index is 14.4. The zero-order valence-corrected chi connectivity index (χ0v) is 29.1. The first-order chi connectivity index (χ1) is 23.0. The van der Waals surface area contributed by atoms with E-state index < -0.39 is 23.8 Å². The molecule has 0 radical (unpaired) electrons. The number of carboxylic acid groups (broad SMARTS) is 1. The molecular formula is C38H50N3O7+. The minimum atomic E-state index is -0.896. The van der Waals surface area contributed by atoms with Gasteiger partial charge in [-0.2, -0.15) is 0 Å². The predicted octanol–water partition coefficient (Wildman–Crippen LogP) is 5.57. The van der Waals surface area contributed by atoms with Gasteiger partial charge in [0.15, 0.2) is 11.5 Å². The van der Waals surface area contributed by atoms with Crippen LogP contribution >= 0.6 is 0 Å². The molecule has 0 aliphatic carbocycles. The summed E-state index contributed by atoms with van der Waals surface area (Å²) in [6.45, 7) is 4.11. The molecule has 258 valence electrons. The second-order valence-corrected chi connectivity index (χ2v) is 13.8. The van der Waals surface area contributed by atoms with Crippen molar-refractivity contribution in [2.45, 2.75) is 51.1 Å². The predicted molar refractivity (Wildman–Crippen MR) is 185 cm³/mol. The number of para-hydroxylation sites is 1. The second kappa shape index (κ2) is 15.3. The van der Waals surface area contributed by atoms with Gasteiger partial charge >= 0.3 is 5.97 Å². The summed E-state index contributed by atoms with van der Waals surface area (Å²) in [7, 11) is 9.65. The van der Waals surface area contributed by atoms with Gasteiger partial charge in [-0.15, -0.1) is 0 Å². The summed E-state index contributed by atoms with van der Waals surface area (Å²) in [5, 5.41) is 10.8. The number of likely N-dealkylation sites (tertiary alicyclic amines) is 1. The molecule has 0 bridgehead atoms. The third-order valence-electron chi connectivity index (χ3n) is 9.30. The van der Waals surface area contributed by atoms with E-state index in [1.165, 1.54) is 0 Å². The standard InChI is InChI=1S/C38H49N3O7/c1-7-8-18-40(29-14-11-12-26(19-29)24-41(2,3)4)35(42)23-39-22-30(28-20-33(46-6)37-34(21-28)47-25-48-37)36(38(43)44)31(39)17-16-27-13-9-10-15-32(27)45-5/h9-15,19-21,30-31,36H,7-8,16-18,22-25H2,1-6H3/p+1/t30-,31+,36-/m1/s1. The largest absolute Gasteiger partial charge is 0.496 e. The van der Waals surface area contributed by atoms with Crippen LogP contribution in [0.2, 0.25) is 0 Å².